The molecule has 1 saturated heterocycles. The fourth-order valence-electron chi connectivity index (χ4n) is 1.12. The van der Waals surface area contributed by atoms with Crippen molar-refractivity contribution in [3.05, 3.63) is 0 Å². The van der Waals surface area contributed by atoms with E-state index in [4.69, 9.17) is 20.7 Å². The third-order valence-corrected chi connectivity index (χ3v) is 1.95. The van der Waals surface area contributed by atoms with Gasteiger partial charge in [-0.05, 0) is 0 Å². The zero-order valence-corrected chi connectivity index (χ0v) is 7.59. The highest BCUT2D eigenvalue weighted by molar-refractivity contribution is 5.85. The molecule has 0 aromatic rings. The number of ether oxygens (including phenoxy) is 1. The van der Waals surface area contributed by atoms with E-state index >= 15 is 0 Å². The van der Waals surface area contributed by atoms with Crippen molar-refractivity contribution in [3.8, 4) is 0 Å². The monoisotopic (exact) mass is 215 g/mol. The highest BCUT2D eigenvalue weighted by atomic mass is 35.5. The van der Waals surface area contributed by atoms with Crippen LogP contribution in [0.25, 0.3) is 0 Å². The minimum absolute atomic E-state index is 0. The number of hydrogen-bond acceptors (Lipinski definition) is 6. The molecule has 0 bridgehead atoms. The first-order valence-electron chi connectivity index (χ1n) is 3.64. The smallest absolute Gasteiger partial charge is 0.173 e. The van der Waals surface area contributed by atoms with Gasteiger partial charge in [0.15, 0.2) is 6.29 Å². The fourth-order valence-corrected chi connectivity index (χ4v) is 1.12. The van der Waals surface area contributed by atoms with Crippen molar-refractivity contribution in [1.29, 1.82) is 0 Å². The summed E-state index contributed by atoms with van der Waals surface area (Å²) in [5, 5.41) is 36.1. The van der Waals surface area contributed by atoms with Gasteiger partial charge in [-0.2, -0.15) is 0 Å². The van der Waals surface area contributed by atoms with Gasteiger partial charge in [-0.25, -0.2) is 0 Å². The SMILES string of the molecule is Cl.N[C@H]1[C@H](O)[C@@H](O)[C@H](CO)O[C@@H]1O. The number of aliphatic hydroxyl groups excluding tert-OH is 4. The van der Waals surface area contributed by atoms with Crippen LogP contribution >= 0.6 is 12.4 Å². The van der Waals surface area contributed by atoms with Crippen LogP contribution in [-0.2, 0) is 4.74 Å². The zero-order chi connectivity index (χ0) is 9.30. The molecule has 0 radical (unpaired) electrons. The van der Waals surface area contributed by atoms with Gasteiger partial charge in [0, 0.05) is 0 Å². The minimum atomic E-state index is -1.35. The molecule has 1 heterocycles. The molecule has 1 aliphatic rings. The van der Waals surface area contributed by atoms with Crippen LogP contribution in [0.2, 0.25) is 0 Å². The van der Waals surface area contributed by atoms with Crippen molar-refractivity contribution in [2.75, 3.05) is 6.61 Å². The summed E-state index contributed by atoms with van der Waals surface area (Å²) in [6.45, 7) is -0.470. The predicted octanol–water partition coefficient (Wildman–Crippen LogP) is -2.83. The van der Waals surface area contributed by atoms with Gasteiger partial charge < -0.3 is 30.9 Å². The van der Waals surface area contributed by atoms with Gasteiger partial charge in [-0.15, -0.1) is 12.4 Å². The maximum absolute atomic E-state index is 9.20. The molecule has 6 nitrogen and oxygen atoms in total. The van der Waals surface area contributed by atoms with E-state index in [9.17, 15) is 10.2 Å². The highest BCUT2D eigenvalue weighted by Crippen LogP contribution is 2.17. The summed E-state index contributed by atoms with van der Waals surface area (Å²) in [6.07, 6.45) is -4.85. The Balaban J connectivity index is 0.00000144. The van der Waals surface area contributed by atoms with E-state index < -0.39 is 37.3 Å². The van der Waals surface area contributed by atoms with E-state index in [0.717, 1.165) is 0 Å². The normalized spacial score (nSPS) is 45.5. The summed E-state index contributed by atoms with van der Waals surface area (Å²) in [5.74, 6) is 0. The van der Waals surface area contributed by atoms with E-state index in [1.807, 2.05) is 0 Å². The summed E-state index contributed by atoms with van der Waals surface area (Å²) in [7, 11) is 0. The average molecular weight is 216 g/mol. The summed E-state index contributed by atoms with van der Waals surface area (Å²) >= 11 is 0. The summed E-state index contributed by atoms with van der Waals surface area (Å²) in [4.78, 5) is 0. The Labute approximate surface area is 81.3 Å². The van der Waals surface area contributed by atoms with Crippen molar-refractivity contribution in [3.63, 3.8) is 0 Å². The molecule has 80 valence electrons. The second-order valence-corrected chi connectivity index (χ2v) is 2.81. The van der Waals surface area contributed by atoms with E-state index in [0.29, 0.717) is 0 Å². The Morgan fingerprint density at radius 3 is 2.15 bits per heavy atom. The van der Waals surface area contributed by atoms with Crippen molar-refractivity contribution in [2.24, 2.45) is 5.73 Å². The molecule has 0 spiro atoms. The van der Waals surface area contributed by atoms with E-state index in [2.05, 4.69) is 0 Å². The van der Waals surface area contributed by atoms with Gasteiger partial charge in [0.1, 0.15) is 18.3 Å². The quantitative estimate of drug-likeness (QED) is 0.322. The van der Waals surface area contributed by atoms with Gasteiger partial charge in [0.25, 0.3) is 0 Å². The third-order valence-electron chi connectivity index (χ3n) is 1.95. The van der Waals surface area contributed by atoms with Crippen molar-refractivity contribution >= 4 is 12.4 Å². The van der Waals surface area contributed by atoms with E-state index in [1.54, 1.807) is 0 Å². The second kappa shape index (κ2) is 5.06. The lowest BCUT2D eigenvalue weighted by Crippen LogP contribution is -2.61. The molecule has 0 amide bonds. The lowest BCUT2D eigenvalue weighted by atomic mass is 9.98. The first-order valence-corrected chi connectivity index (χ1v) is 3.64. The van der Waals surface area contributed by atoms with Crippen LogP contribution in [0.3, 0.4) is 0 Å². The van der Waals surface area contributed by atoms with E-state index in [1.165, 1.54) is 0 Å². The molecule has 13 heavy (non-hydrogen) atoms. The maximum Gasteiger partial charge on any atom is 0.173 e. The van der Waals surface area contributed by atoms with Crippen LogP contribution in [-0.4, -0.2) is 57.7 Å². The van der Waals surface area contributed by atoms with Gasteiger partial charge in [-0.1, -0.05) is 0 Å². The molecule has 0 unspecified atom stereocenters. The molecular weight excluding hydrogens is 202 g/mol. The number of halogens is 1. The van der Waals surface area contributed by atoms with Crippen LogP contribution < -0.4 is 5.73 Å². The van der Waals surface area contributed by atoms with Crippen molar-refractivity contribution in [1.82, 2.24) is 0 Å². The molecular formula is C6H14ClNO5. The summed E-state index contributed by atoms with van der Waals surface area (Å²) in [6, 6.07) is -1.04. The molecule has 0 aliphatic carbocycles. The van der Waals surface area contributed by atoms with Crippen LogP contribution in [0, 0.1) is 0 Å². The fraction of sp³-hybridized carbons (Fsp3) is 1.00. The molecule has 0 aromatic heterocycles. The highest BCUT2D eigenvalue weighted by Gasteiger charge is 2.41. The Kier molecular flexibility index (Phi) is 5.08. The molecule has 0 saturated carbocycles. The molecule has 6 N–H and O–H groups in total. The number of nitrogens with two attached hydrogens (primary N) is 1. The van der Waals surface area contributed by atoms with Crippen LogP contribution in [0.15, 0.2) is 0 Å². The molecule has 5 atom stereocenters. The topological polar surface area (TPSA) is 116 Å². The van der Waals surface area contributed by atoms with Gasteiger partial charge >= 0.3 is 0 Å². The first kappa shape index (κ1) is 13.1. The maximum atomic E-state index is 9.20. The van der Waals surface area contributed by atoms with Crippen LogP contribution in [0.4, 0.5) is 0 Å². The molecule has 1 fully saturated rings. The summed E-state index contributed by atoms with van der Waals surface area (Å²) in [5.41, 5.74) is 5.26. The molecule has 1 rings (SSSR count). The number of hydrogen-bond donors (Lipinski definition) is 5. The Morgan fingerprint density at radius 1 is 1.15 bits per heavy atom. The first-order chi connectivity index (χ1) is 5.57. The molecule has 1 aliphatic heterocycles. The molecule has 7 heteroatoms. The number of rotatable bonds is 1. The summed E-state index contributed by atoms with van der Waals surface area (Å²) < 4.78 is 4.70. The van der Waals surface area contributed by atoms with Crippen molar-refractivity contribution < 1.29 is 25.2 Å². The van der Waals surface area contributed by atoms with Crippen LogP contribution in [0.1, 0.15) is 0 Å². The lowest BCUT2D eigenvalue weighted by molar-refractivity contribution is -0.248. The van der Waals surface area contributed by atoms with Gasteiger partial charge in [0.05, 0.1) is 12.6 Å². The Hall–Kier alpha value is 0.0500. The van der Waals surface area contributed by atoms with Crippen LogP contribution in [0.5, 0.6) is 0 Å². The van der Waals surface area contributed by atoms with Gasteiger partial charge in [0.2, 0.25) is 0 Å². The Bertz CT molecular complexity index is 155. The lowest BCUT2D eigenvalue weighted by Gasteiger charge is -2.38. The van der Waals surface area contributed by atoms with E-state index in [-0.39, 0.29) is 12.4 Å². The zero-order valence-electron chi connectivity index (χ0n) is 6.78. The average Bonchev–Trinajstić information content (AvgIpc) is 2.08. The largest absolute Gasteiger partial charge is 0.394 e. The minimum Gasteiger partial charge on any atom is -0.394 e. The van der Waals surface area contributed by atoms with Gasteiger partial charge in [-0.3, -0.25) is 0 Å². The number of aliphatic hydroxyl groups is 4. The van der Waals surface area contributed by atoms with Crippen molar-refractivity contribution in [2.45, 2.75) is 30.6 Å². The third kappa shape index (κ3) is 2.50. The standard InChI is InChI=1S/C6H13NO5.ClH/c7-3-5(10)4(9)2(1-8)12-6(3)11;/h2-6,8-11H,1,7H2;1H/t2-,3-,4-,5-,6-;/m0./s1. The predicted molar refractivity (Wildman–Crippen MR) is 45.2 cm³/mol. The second-order valence-electron chi connectivity index (χ2n) is 2.81. The Morgan fingerprint density at radius 2 is 1.69 bits per heavy atom. The molecule has 0 aromatic carbocycles.